The SMILES string of the molecule is CCOc1ccccc1NC(=O)C1C(=O)CC(C)(O)C(C(=O)Nc2ccccc2OCC)C1c1ccc(OCc2c(Cl)cccc2Cl)c(OC)c1. The molecule has 0 aliphatic heterocycles. The second-order valence-corrected chi connectivity index (χ2v) is 13.0. The van der Waals surface area contributed by atoms with Crippen molar-refractivity contribution in [3.05, 3.63) is 106 Å². The van der Waals surface area contributed by atoms with E-state index < -0.39 is 47.4 Å². The number of carbonyl (C=O) groups is 3. The van der Waals surface area contributed by atoms with E-state index in [4.69, 9.17) is 42.1 Å². The minimum Gasteiger partial charge on any atom is -0.493 e. The van der Waals surface area contributed by atoms with E-state index in [1.165, 1.54) is 14.0 Å². The van der Waals surface area contributed by atoms with Crippen LogP contribution in [0.3, 0.4) is 0 Å². The number of methoxy groups -OCH3 is 1. The minimum absolute atomic E-state index is 0.0272. The second-order valence-electron chi connectivity index (χ2n) is 12.2. The Kier molecular flexibility index (Phi) is 12.1. The van der Waals surface area contributed by atoms with E-state index in [-0.39, 0.29) is 12.4 Å². The Balaban J connectivity index is 1.58. The third-order valence-electron chi connectivity index (χ3n) is 8.73. The number of hydrogen-bond donors (Lipinski definition) is 3. The Morgan fingerprint density at radius 1 is 0.784 bits per heavy atom. The molecule has 4 unspecified atom stereocenters. The predicted octanol–water partition coefficient (Wildman–Crippen LogP) is 7.70. The van der Waals surface area contributed by atoms with Gasteiger partial charge in [0.15, 0.2) is 11.5 Å². The number of amides is 2. The van der Waals surface area contributed by atoms with Crippen molar-refractivity contribution in [2.24, 2.45) is 11.8 Å². The van der Waals surface area contributed by atoms with Gasteiger partial charge in [0.25, 0.3) is 0 Å². The normalized spacial score (nSPS) is 19.9. The van der Waals surface area contributed by atoms with E-state index in [1.807, 2.05) is 13.8 Å². The average molecular weight is 736 g/mol. The number of anilines is 2. The number of ether oxygens (including phenoxy) is 4. The molecule has 0 bridgehead atoms. The molecule has 0 heterocycles. The standard InChI is InChI=1S/C39H40Cl2N2O8/c1-5-49-30-16-9-7-14-27(30)42-37(45)35-29(44)21-39(3,47)36(38(46)43-28-15-8-10-17-31(28)50-6-2)34(35)23-18-19-32(33(20-23)48-4)51-22-24-25(40)12-11-13-26(24)41/h7-20,34-36,47H,5-6,21-22H2,1-4H3,(H,42,45)(H,43,46). The summed E-state index contributed by atoms with van der Waals surface area (Å²) in [6, 6.07) is 23.8. The minimum atomic E-state index is -1.85. The molecule has 1 aliphatic rings. The summed E-state index contributed by atoms with van der Waals surface area (Å²) < 4.78 is 23.2. The Labute approximate surface area is 307 Å². The lowest BCUT2D eigenvalue weighted by Gasteiger charge is -2.44. The first kappa shape index (κ1) is 37.5. The van der Waals surface area contributed by atoms with Crippen LogP contribution in [0, 0.1) is 11.8 Å². The van der Waals surface area contributed by atoms with Crippen LogP contribution in [0.2, 0.25) is 10.0 Å². The summed E-state index contributed by atoms with van der Waals surface area (Å²) in [6.07, 6.45) is -0.448. The van der Waals surface area contributed by atoms with Gasteiger partial charge in [-0.25, -0.2) is 0 Å². The maximum absolute atomic E-state index is 14.4. The fraction of sp³-hybridized carbons (Fsp3) is 0.308. The zero-order valence-electron chi connectivity index (χ0n) is 28.7. The van der Waals surface area contributed by atoms with E-state index in [1.54, 1.807) is 84.9 Å². The monoisotopic (exact) mass is 734 g/mol. The van der Waals surface area contributed by atoms with Crippen molar-refractivity contribution in [2.45, 2.75) is 45.3 Å². The van der Waals surface area contributed by atoms with Gasteiger partial charge in [0, 0.05) is 27.9 Å². The molecule has 0 aromatic heterocycles. The van der Waals surface area contributed by atoms with Gasteiger partial charge in [0.1, 0.15) is 29.8 Å². The first-order chi connectivity index (χ1) is 24.5. The van der Waals surface area contributed by atoms with E-state index in [0.29, 0.717) is 63.0 Å². The molecule has 1 aliphatic carbocycles. The number of para-hydroxylation sites is 4. The molecule has 10 nitrogen and oxygen atoms in total. The van der Waals surface area contributed by atoms with E-state index in [9.17, 15) is 19.5 Å². The number of rotatable bonds is 13. The summed E-state index contributed by atoms with van der Waals surface area (Å²) in [5.74, 6) is -4.21. The molecular weight excluding hydrogens is 695 g/mol. The molecule has 4 aromatic carbocycles. The van der Waals surface area contributed by atoms with Crippen LogP contribution in [-0.4, -0.2) is 48.6 Å². The molecule has 0 spiro atoms. The lowest BCUT2D eigenvalue weighted by atomic mass is 9.61. The summed E-state index contributed by atoms with van der Waals surface area (Å²) in [4.78, 5) is 42.6. The maximum atomic E-state index is 14.4. The van der Waals surface area contributed by atoms with Crippen LogP contribution < -0.4 is 29.6 Å². The fourth-order valence-electron chi connectivity index (χ4n) is 6.45. The van der Waals surface area contributed by atoms with Gasteiger partial charge in [-0.3, -0.25) is 14.4 Å². The highest BCUT2D eigenvalue weighted by Gasteiger charge is 2.56. The maximum Gasteiger partial charge on any atom is 0.235 e. The molecule has 1 saturated carbocycles. The predicted molar refractivity (Wildman–Crippen MR) is 196 cm³/mol. The van der Waals surface area contributed by atoms with Crippen molar-refractivity contribution in [1.82, 2.24) is 0 Å². The zero-order chi connectivity index (χ0) is 36.7. The molecule has 1 fully saturated rings. The molecule has 0 saturated heterocycles. The molecule has 2 amide bonds. The van der Waals surface area contributed by atoms with Crippen molar-refractivity contribution in [1.29, 1.82) is 0 Å². The first-order valence-electron chi connectivity index (χ1n) is 16.5. The topological polar surface area (TPSA) is 132 Å². The Morgan fingerprint density at radius 3 is 1.92 bits per heavy atom. The van der Waals surface area contributed by atoms with Crippen LogP contribution in [0.1, 0.15) is 44.2 Å². The molecule has 3 N–H and O–H groups in total. The van der Waals surface area contributed by atoms with Crippen LogP contribution in [0.15, 0.2) is 84.9 Å². The zero-order valence-corrected chi connectivity index (χ0v) is 30.2. The van der Waals surface area contributed by atoms with Gasteiger partial charge in [0.2, 0.25) is 11.8 Å². The third-order valence-corrected chi connectivity index (χ3v) is 9.44. The Morgan fingerprint density at radius 2 is 1.35 bits per heavy atom. The Bertz CT molecular complexity index is 1880. The summed E-state index contributed by atoms with van der Waals surface area (Å²) in [5, 5.41) is 18.5. The highest BCUT2D eigenvalue weighted by atomic mass is 35.5. The molecule has 12 heteroatoms. The van der Waals surface area contributed by atoms with Crippen molar-refractivity contribution in [3.63, 3.8) is 0 Å². The van der Waals surface area contributed by atoms with Gasteiger partial charge < -0.3 is 34.7 Å². The van der Waals surface area contributed by atoms with E-state index >= 15 is 0 Å². The van der Waals surface area contributed by atoms with Crippen molar-refractivity contribution >= 4 is 52.2 Å². The van der Waals surface area contributed by atoms with Gasteiger partial charge in [-0.15, -0.1) is 0 Å². The lowest BCUT2D eigenvalue weighted by Crippen LogP contribution is -2.56. The van der Waals surface area contributed by atoms with Crippen molar-refractivity contribution in [2.75, 3.05) is 31.0 Å². The fourth-order valence-corrected chi connectivity index (χ4v) is 6.95. The van der Waals surface area contributed by atoms with E-state index in [2.05, 4.69) is 10.6 Å². The largest absolute Gasteiger partial charge is 0.493 e. The molecule has 51 heavy (non-hydrogen) atoms. The van der Waals surface area contributed by atoms with Crippen LogP contribution in [-0.2, 0) is 21.0 Å². The summed E-state index contributed by atoms with van der Waals surface area (Å²) in [6.45, 7) is 5.80. The quantitative estimate of drug-likeness (QED) is 0.119. The number of nitrogens with one attached hydrogen (secondary N) is 2. The number of hydrogen-bond acceptors (Lipinski definition) is 8. The molecular formula is C39H40Cl2N2O8. The van der Waals surface area contributed by atoms with Crippen LogP contribution in [0.4, 0.5) is 11.4 Å². The van der Waals surface area contributed by atoms with Gasteiger partial charge >= 0.3 is 0 Å². The van der Waals surface area contributed by atoms with Crippen molar-refractivity contribution < 1.29 is 38.4 Å². The molecule has 4 aromatic rings. The summed E-state index contributed by atoms with van der Waals surface area (Å²) in [5.41, 5.74) is -0.148. The van der Waals surface area contributed by atoms with Gasteiger partial charge in [-0.1, -0.05) is 59.6 Å². The van der Waals surface area contributed by atoms with Gasteiger partial charge in [-0.05, 0) is 74.9 Å². The molecule has 4 atom stereocenters. The second kappa shape index (κ2) is 16.5. The number of ketones is 1. The van der Waals surface area contributed by atoms with Gasteiger partial charge in [-0.2, -0.15) is 0 Å². The van der Waals surface area contributed by atoms with Crippen LogP contribution >= 0.6 is 23.2 Å². The highest BCUT2D eigenvalue weighted by Crippen LogP contribution is 2.48. The number of halogens is 2. The molecule has 268 valence electrons. The van der Waals surface area contributed by atoms with Crippen molar-refractivity contribution in [3.8, 4) is 23.0 Å². The van der Waals surface area contributed by atoms with Crippen LogP contribution in [0.5, 0.6) is 23.0 Å². The third kappa shape index (κ3) is 8.41. The lowest BCUT2D eigenvalue weighted by molar-refractivity contribution is -0.150. The first-order valence-corrected chi connectivity index (χ1v) is 17.3. The van der Waals surface area contributed by atoms with Crippen LogP contribution in [0.25, 0.3) is 0 Å². The number of Topliss-reactive ketones (excluding diaryl/α,β-unsaturated/α-hetero) is 1. The highest BCUT2D eigenvalue weighted by molar-refractivity contribution is 6.36. The number of aliphatic hydroxyl groups is 1. The average Bonchev–Trinajstić information content (AvgIpc) is 3.09. The number of carbonyl (C=O) groups excluding carboxylic acids is 3. The number of benzene rings is 4. The molecule has 0 radical (unpaired) electrons. The molecule has 5 rings (SSSR count). The summed E-state index contributed by atoms with van der Waals surface area (Å²) >= 11 is 12.7. The van der Waals surface area contributed by atoms with E-state index in [0.717, 1.165) is 0 Å². The summed E-state index contributed by atoms with van der Waals surface area (Å²) in [7, 11) is 1.44. The Hall–Kier alpha value is -4.77. The smallest absolute Gasteiger partial charge is 0.235 e. The van der Waals surface area contributed by atoms with Gasteiger partial charge in [0.05, 0.1) is 43.2 Å².